The quantitative estimate of drug-likeness (QED) is 0.848. The summed E-state index contributed by atoms with van der Waals surface area (Å²) in [7, 11) is 0. The number of hydrogen-bond donors (Lipinski definition) is 2. The molecule has 2 N–H and O–H groups in total. The van der Waals surface area contributed by atoms with E-state index in [4.69, 9.17) is 4.74 Å². The first-order chi connectivity index (χ1) is 12.2. The van der Waals surface area contributed by atoms with Crippen molar-refractivity contribution in [1.29, 1.82) is 0 Å². The maximum absolute atomic E-state index is 13.7. The summed E-state index contributed by atoms with van der Waals surface area (Å²) in [6, 6.07) is 15.7. The predicted octanol–water partition coefficient (Wildman–Crippen LogP) is 3.93. The Labute approximate surface area is 150 Å². The Bertz CT molecular complexity index is 769. The van der Waals surface area contributed by atoms with Crippen LogP contribution >= 0.6 is 0 Å². The summed E-state index contributed by atoms with van der Waals surface area (Å²) in [5.41, 5.74) is 2.03. The highest BCUT2D eigenvalue weighted by atomic mass is 19.3. The summed E-state index contributed by atoms with van der Waals surface area (Å²) < 4.78 is 32.6. The van der Waals surface area contributed by atoms with Crippen molar-refractivity contribution < 1.29 is 23.4 Å². The van der Waals surface area contributed by atoms with Gasteiger partial charge in [0, 0.05) is 5.92 Å². The summed E-state index contributed by atoms with van der Waals surface area (Å²) in [6.45, 7) is 1.04. The molecule has 0 saturated carbocycles. The summed E-state index contributed by atoms with van der Waals surface area (Å²) in [6.07, 6.45) is -0.934. The lowest BCUT2D eigenvalue weighted by molar-refractivity contribution is -0.157. The van der Waals surface area contributed by atoms with Crippen molar-refractivity contribution in [3.63, 3.8) is 0 Å². The number of alkyl carbamates (subject to hydrolysis) is 1. The van der Waals surface area contributed by atoms with Crippen molar-refractivity contribution in [3.05, 3.63) is 59.7 Å². The van der Waals surface area contributed by atoms with Crippen LogP contribution in [-0.4, -0.2) is 35.9 Å². The number of nitrogens with one attached hydrogen (secondary N) is 1. The van der Waals surface area contributed by atoms with E-state index in [1.54, 1.807) is 0 Å². The molecule has 1 aliphatic carbocycles. The van der Waals surface area contributed by atoms with Gasteiger partial charge in [-0.15, -0.1) is 0 Å². The van der Waals surface area contributed by atoms with Gasteiger partial charge in [-0.05, 0) is 36.1 Å². The van der Waals surface area contributed by atoms with Gasteiger partial charge in [-0.2, -0.15) is 0 Å². The van der Waals surface area contributed by atoms with E-state index in [9.17, 15) is 18.7 Å². The Morgan fingerprint density at radius 2 is 1.58 bits per heavy atom. The highest BCUT2D eigenvalue weighted by molar-refractivity contribution is 5.79. The second kappa shape index (κ2) is 6.68. The Morgan fingerprint density at radius 1 is 1.08 bits per heavy atom. The van der Waals surface area contributed by atoms with Crippen molar-refractivity contribution >= 4 is 6.09 Å². The van der Waals surface area contributed by atoms with Gasteiger partial charge in [0.15, 0.2) is 0 Å². The molecule has 1 amide bonds. The van der Waals surface area contributed by atoms with Crippen LogP contribution in [0.1, 0.15) is 30.9 Å². The zero-order valence-corrected chi connectivity index (χ0v) is 14.6. The molecule has 1 aliphatic rings. The summed E-state index contributed by atoms with van der Waals surface area (Å²) in [5, 5.41) is 11.5. The summed E-state index contributed by atoms with van der Waals surface area (Å²) in [4.78, 5) is 11.8. The molecule has 3 rings (SSSR count). The lowest BCUT2D eigenvalue weighted by atomic mass is 9.98. The number of aliphatic hydroxyl groups is 1. The molecular formula is C20H21F2NO3. The topological polar surface area (TPSA) is 58.6 Å². The van der Waals surface area contributed by atoms with Crippen LogP contribution in [-0.2, 0) is 4.74 Å². The van der Waals surface area contributed by atoms with Crippen LogP contribution < -0.4 is 5.32 Å². The molecule has 2 aromatic rings. The monoisotopic (exact) mass is 361 g/mol. The highest BCUT2D eigenvalue weighted by Gasteiger charge is 2.45. The molecule has 0 aromatic heterocycles. The second-order valence-electron chi connectivity index (χ2n) is 6.94. The molecule has 138 valence electrons. The largest absolute Gasteiger partial charge is 0.449 e. The fourth-order valence-electron chi connectivity index (χ4n) is 3.05. The number of alkyl halides is 2. The number of ether oxygens (including phenoxy) is 1. The third kappa shape index (κ3) is 3.42. The van der Waals surface area contributed by atoms with Crippen LogP contribution in [0.2, 0.25) is 0 Å². The Kier molecular flexibility index (Phi) is 4.71. The van der Waals surface area contributed by atoms with Crippen LogP contribution in [0, 0.1) is 0 Å². The van der Waals surface area contributed by atoms with Gasteiger partial charge < -0.3 is 15.2 Å². The van der Waals surface area contributed by atoms with E-state index in [0.29, 0.717) is 0 Å². The van der Waals surface area contributed by atoms with Gasteiger partial charge in [0.05, 0.1) is 6.54 Å². The normalized spacial score (nSPS) is 13.9. The second-order valence-corrected chi connectivity index (χ2v) is 6.94. The van der Waals surface area contributed by atoms with Crippen molar-refractivity contribution in [2.45, 2.75) is 31.3 Å². The van der Waals surface area contributed by atoms with Crippen LogP contribution in [0.15, 0.2) is 48.5 Å². The number of halogens is 2. The van der Waals surface area contributed by atoms with Crippen molar-refractivity contribution in [3.8, 4) is 11.1 Å². The lowest BCUT2D eigenvalue weighted by Gasteiger charge is -2.28. The van der Waals surface area contributed by atoms with Gasteiger partial charge in [-0.3, -0.25) is 0 Å². The van der Waals surface area contributed by atoms with Gasteiger partial charge in [0.2, 0.25) is 0 Å². The molecule has 0 unspecified atom stereocenters. The molecule has 2 aromatic carbocycles. The maximum atomic E-state index is 13.7. The fourth-order valence-corrected chi connectivity index (χ4v) is 3.05. The lowest BCUT2D eigenvalue weighted by Crippen LogP contribution is -2.50. The van der Waals surface area contributed by atoms with E-state index in [-0.39, 0.29) is 12.5 Å². The molecule has 0 fully saturated rings. The Hall–Kier alpha value is -2.47. The van der Waals surface area contributed by atoms with Gasteiger partial charge in [-0.25, -0.2) is 13.6 Å². The van der Waals surface area contributed by atoms with E-state index in [1.165, 1.54) is 0 Å². The zero-order chi connectivity index (χ0) is 18.9. The predicted molar refractivity (Wildman–Crippen MR) is 94.3 cm³/mol. The van der Waals surface area contributed by atoms with Crippen LogP contribution in [0.3, 0.4) is 0 Å². The number of carbonyl (C=O) groups is 1. The number of fused-ring (bicyclic) bond motifs is 3. The number of carbonyl (C=O) groups excluding carboxylic acids is 1. The van der Waals surface area contributed by atoms with Crippen LogP contribution in [0.4, 0.5) is 13.6 Å². The molecule has 6 heteroatoms. The molecule has 0 atom stereocenters. The molecule has 0 saturated heterocycles. The van der Waals surface area contributed by atoms with E-state index < -0.39 is 24.2 Å². The van der Waals surface area contributed by atoms with Gasteiger partial charge in [0.1, 0.15) is 12.2 Å². The summed E-state index contributed by atoms with van der Waals surface area (Å²) >= 11 is 0. The van der Waals surface area contributed by atoms with E-state index in [1.807, 2.05) is 53.8 Å². The molecule has 0 heterocycles. The Morgan fingerprint density at radius 3 is 2.08 bits per heavy atom. The van der Waals surface area contributed by atoms with Gasteiger partial charge in [-0.1, -0.05) is 48.5 Å². The minimum atomic E-state index is -3.46. The fraction of sp³-hybridized carbons (Fsp3) is 0.350. The molecular weight excluding hydrogens is 340 g/mol. The molecule has 0 bridgehead atoms. The third-order valence-corrected chi connectivity index (χ3v) is 4.69. The minimum absolute atomic E-state index is 0.0496. The molecule has 0 aliphatic heterocycles. The van der Waals surface area contributed by atoms with E-state index in [2.05, 4.69) is 0 Å². The van der Waals surface area contributed by atoms with Crippen LogP contribution in [0.5, 0.6) is 0 Å². The number of hydrogen-bond acceptors (Lipinski definition) is 3. The molecule has 0 spiro atoms. The van der Waals surface area contributed by atoms with Crippen molar-refractivity contribution in [1.82, 2.24) is 5.32 Å². The average molecular weight is 361 g/mol. The zero-order valence-electron chi connectivity index (χ0n) is 14.6. The number of benzene rings is 2. The molecule has 0 radical (unpaired) electrons. The first kappa shape index (κ1) is 18.3. The van der Waals surface area contributed by atoms with Gasteiger partial charge >= 0.3 is 6.09 Å². The number of amides is 1. The molecule has 4 nitrogen and oxygen atoms in total. The van der Waals surface area contributed by atoms with Gasteiger partial charge in [0.25, 0.3) is 5.92 Å². The average Bonchev–Trinajstić information content (AvgIpc) is 2.91. The summed E-state index contributed by atoms with van der Waals surface area (Å²) in [5.74, 6) is -3.60. The van der Waals surface area contributed by atoms with E-state index in [0.717, 1.165) is 36.1 Å². The first-order valence-corrected chi connectivity index (χ1v) is 8.40. The standard InChI is InChI=1S/C20H21F2NO3/c1-19(2,25)20(21,22)12-23-18(24)26-11-17-15-9-5-3-7-13(15)14-8-4-6-10-16(14)17/h3-10,17,25H,11-12H2,1-2H3,(H,23,24). The SMILES string of the molecule is CC(C)(O)C(F)(F)CNC(=O)OCC1c2ccccc2-c2ccccc21. The first-order valence-electron chi connectivity index (χ1n) is 8.40. The number of rotatable bonds is 5. The highest BCUT2D eigenvalue weighted by Crippen LogP contribution is 2.44. The molecule has 26 heavy (non-hydrogen) atoms. The third-order valence-electron chi connectivity index (χ3n) is 4.69. The van der Waals surface area contributed by atoms with Crippen molar-refractivity contribution in [2.75, 3.05) is 13.2 Å². The van der Waals surface area contributed by atoms with Crippen LogP contribution in [0.25, 0.3) is 11.1 Å². The Balaban J connectivity index is 1.66. The van der Waals surface area contributed by atoms with Crippen molar-refractivity contribution in [2.24, 2.45) is 0 Å². The minimum Gasteiger partial charge on any atom is -0.449 e. The van der Waals surface area contributed by atoms with E-state index >= 15 is 0 Å². The maximum Gasteiger partial charge on any atom is 0.407 e. The smallest absolute Gasteiger partial charge is 0.407 e.